The number of anilines is 1. The first-order chi connectivity index (χ1) is 10.2. The summed E-state index contributed by atoms with van der Waals surface area (Å²) in [6.45, 7) is 1.51. The van der Waals surface area contributed by atoms with Crippen molar-refractivity contribution in [2.45, 2.75) is 11.8 Å². The Balaban J connectivity index is 2.46. The predicted molar refractivity (Wildman–Crippen MR) is 80.4 cm³/mol. The summed E-state index contributed by atoms with van der Waals surface area (Å²) in [5, 5.41) is 9.07. The summed E-state index contributed by atoms with van der Waals surface area (Å²) in [5.74, 6) is -2.09. The van der Waals surface area contributed by atoms with E-state index in [4.69, 9.17) is 16.7 Å². The van der Waals surface area contributed by atoms with Crippen molar-refractivity contribution in [2.24, 2.45) is 0 Å². The fraction of sp³-hybridized carbons (Fsp3) is 0.0714. The summed E-state index contributed by atoms with van der Waals surface area (Å²) in [5.41, 5.74) is -0.112. The van der Waals surface area contributed by atoms with E-state index in [1.165, 1.54) is 31.2 Å². The van der Waals surface area contributed by atoms with Gasteiger partial charge in [-0.15, -0.1) is 0 Å². The molecule has 2 aromatic carbocycles. The molecule has 0 unspecified atom stereocenters. The first kappa shape index (κ1) is 16.3. The van der Waals surface area contributed by atoms with Crippen LogP contribution in [0.2, 0.25) is 5.02 Å². The van der Waals surface area contributed by atoms with Crippen molar-refractivity contribution in [3.8, 4) is 0 Å². The molecule has 0 radical (unpaired) electrons. The Labute approximate surface area is 131 Å². The first-order valence-corrected chi connectivity index (χ1v) is 7.88. The molecule has 0 aliphatic carbocycles. The highest BCUT2D eigenvalue weighted by Crippen LogP contribution is 2.24. The lowest BCUT2D eigenvalue weighted by atomic mass is 10.1. The second kappa shape index (κ2) is 5.94. The van der Waals surface area contributed by atoms with Crippen LogP contribution in [0.5, 0.6) is 0 Å². The van der Waals surface area contributed by atoms with E-state index >= 15 is 0 Å². The summed E-state index contributed by atoms with van der Waals surface area (Å²) < 4.78 is 40.4. The van der Waals surface area contributed by atoms with Crippen molar-refractivity contribution in [2.75, 3.05) is 4.72 Å². The van der Waals surface area contributed by atoms with Crippen molar-refractivity contribution in [1.29, 1.82) is 0 Å². The van der Waals surface area contributed by atoms with Crippen LogP contribution in [-0.4, -0.2) is 19.5 Å². The van der Waals surface area contributed by atoms with Crippen LogP contribution in [-0.2, 0) is 10.0 Å². The van der Waals surface area contributed by atoms with E-state index in [1.807, 2.05) is 0 Å². The number of aromatic carboxylic acids is 1. The molecule has 0 aliphatic heterocycles. The van der Waals surface area contributed by atoms with Gasteiger partial charge in [0.2, 0.25) is 0 Å². The largest absolute Gasteiger partial charge is 0.478 e. The number of sulfonamides is 1. The molecular formula is C14H11ClFNO4S. The molecule has 0 amide bonds. The quantitative estimate of drug-likeness (QED) is 0.892. The topological polar surface area (TPSA) is 83.5 Å². The van der Waals surface area contributed by atoms with Gasteiger partial charge >= 0.3 is 5.97 Å². The number of carboxylic acids is 1. The molecule has 0 fully saturated rings. The zero-order valence-corrected chi connectivity index (χ0v) is 12.9. The number of benzene rings is 2. The second-order valence-corrected chi connectivity index (χ2v) is 6.60. The Kier molecular flexibility index (Phi) is 4.39. The lowest BCUT2D eigenvalue weighted by Crippen LogP contribution is -2.16. The lowest BCUT2D eigenvalue weighted by molar-refractivity contribution is 0.0696. The minimum atomic E-state index is -4.13. The fourth-order valence-corrected chi connectivity index (χ4v) is 3.29. The van der Waals surface area contributed by atoms with Gasteiger partial charge in [-0.05, 0) is 42.8 Å². The number of rotatable bonds is 4. The van der Waals surface area contributed by atoms with Crippen LogP contribution in [0.15, 0.2) is 41.3 Å². The number of carbonyl (C=O) groups is 1. The van der Waals surface area contributed by atoms with Crippen LogP contribution in [0.25, 0.3) is 0 Å². The first-order valence-electron chi connectivity index (χ1n) is 6.02. The minimum Gasteiger partial charge on any atom is -0.478 e. The molecule has 0 bridgehead atoms. The highest BCUT2D eigenvalue weighted by Gasteiger charge is 2.20. The van der Waals surface area contributed by atoms with Crippen molar-refractivity contribution >= 4 is 33.3 Å². The van der Waals surface area contributed by atoms with Crippen LogP contribution in [0.3, 0.4) is 0 Å². The normalized spacial score (nSPS) is 11.2. The maximum Gasteiger partial charge on any atom is 0.335 e. The van der Waals surface area contributed by atoms with Gasteiger partial charge < -0.3 is 5.11 Å². The van der Waals surface area contributed by atoms with Gasteiger partial charge in [-0.25, -0.2) is 17.6 Å². The third kappa shape index (κ3) is 3.37. The molecule has 5 nitrogen and oxygen atoms in total. The highest BCUT2D eigenvalue weighted by molar-refractivity contribution is 7.92. The fourth-order valence-electron chi connectivity index (χ4n) is 1.79. The van der Waals surface area contributed by atoms with Crippen molar-refractivity contribution in [3.05, 3.63) is 58.4 Å². The molecule has 22 heavy (non-hydrogen) atoms. The minimum absolute atomic E-state index is 0.129. The number of hydrogen-bond acceptors (Lipinski definition) is 3. The maximum absolute atomic E-state index is 13.7. The standard InChI is InChI=1S/C14H11ClFNO4S/c1-8-2-3-9(14(18)19)6-13(8)22(20,21)17-12-5-4-10(15)7-11(12)16/h2-7,17H,1H3,(H,18,19). The van der Waals surface area contributed by atoms with Gasteiger partial charge in [-0.1, -0.05) is 17.7 Å². The van der Waals surface area contributed by atoms with Crippen LogP contribution >= 0.6 is 11.6 Å². The third-order valence-corrected chi connectivity index (χ3v) is 4.64. The molecule has 116 valence electrons. The molecule has 2 rings (SSSR count). The zero-order valence-electron chi connectivity index (χ0n) is 11.3. The molecule has 0 spiro atoms. The second-order valence-electron chi connectivity index (χ2n) is 4.52. The van der Waals surface area contributed by atoms with E-state index in [2.05, 4.69) is 4.72 Å². The maximum atomic E-state index is 13.7. The molecule has 0 atom stereocenters. The highest BCUT2D eigenvalue weighted by atomic mass is 35.5. The third-order valence-electron chi connectivity index (χ3n) is 2.90. The average molecular weight is 344 g/mol. The van der Waals surface area contributed by atoms with Gasteiger partial charge in [0.1, 0.15) is 5.82 Å². The zero-order chi connectivity index (χ0) is 16.5. The van der Waals surface area contributed by atoms with E-state index in [-0.39, 0.29) is 21.2 Å². The molecule has 0 heterocycles. The molecule has 0 aromatic heterocycles. The van der Waals surface area contributed by atoms with Gasteiger partial charge in [0, 0.05) is 5.02 Å². The summed E-state index contributed by atoms with van der Waals surface area (Å²) in [6, 6.07) is 7.18. The number of aryl methyl sites for hydroxylation is 1. The van der Waals surface area contributed by atoms with E-state index < -0.39 is 21.8 Å². The van der Waals surface area contributed by atoms with Crippen LogP contribution in [0.4, 0.5) is 10.1 Å². The smallest absolute Gasteiger partial charge is 0.335 e. The van der Waals surface area contributed by atoms with Crippen molar-refractivity contribution in [1.82, 2.24) is 0 Å². The van der Waals surface area contributed by atoms with Crippen LogP contribution < -0.4 is 4.72 Å². The summed E-state index contributed by atoms with van der Waals surface area (Å²) in [4.78, 5) is 10.7. The molecule has 0 aliphatic rings. The summed E-state index contributed by atoms with van der Waals surface area (Å²) in [6.07, 6.45) is 0. The van der Waals surface area contributed by atoms with Gasteiger partial charge in [-0.3, -0.25) is 4.72 Å². The summed E-state index contributed by atoms with van der Waals surface area (Å²) >= 11 is 5.60. The summed E-state index contributed by atoms with van der Waals surface area (Å²) in [7, 11) is -4.13. The number of hydrogen-bond donors (Lipinski definition) is 2. The van der Waals surface area contributed by atoms with Crippen LogP contribution in [0.1, 0.15) is 15.9 Å². The monoisotopic (exact) mass is 343 g/mol. The van der Waals surface area contributed by atoms with Gasteiger partial charge in [0.25, 0.3) is 10.0 Å². The Morgan fingerprint density at radius 3 is 2.50 bits per heavy atom. The number of carboxylic acid groups (broad SMARTS) is 1. The Morgan fingerprint density at radius 1 is 1.23 bits per heavy atom. The Morgan fingerprint density at radius 2 is 1.91 bits per heavy atom. The molecule has 2 aromatic rings. The van der Waals surface area contributed by atoms with Gasteiger partial charge in [-0.2, -0.15) is 0 Å². The van der Waals surface area contributed by atoms with E-state index in [0.29, 0.717) is 5.56 Å². The number of halogens is 2. The Hall–Kier alpha value is -2.12. The average Bonchev–Trinajstić information content (AvgIpc) is 2.42. The van der Waals surface area contributed by atoms with Crippen molar-refractivity contribution < 1.29 is 22.7 Å². The number of nitrogens with one attached hydrogen (secondary N) is 1. The molecule has 0 saturated carbocycles. The SMILES string of the molecule is Cc1ccc(C(=O)O)cc1S(=O)(=O)Nc1ccc(Cl)cc1F. The Bertz CT molecular complexity index is 852. The van der Waals surface area contributed by atoms with E-state index in [0.717, 1.165) is 12.1 Å². The van der Waals surface area contributed by atoms with Gasteiger partial charge in [0.05, 0.1) is 16.1 Å². The van der Waals surface area contributed by atoms with Gasteiger partial charge in [0.15, 0.2) is 0 Å². The molecule has 8 heteroatoms. The molecule has 0 saturated heterocycles. The molecule has 2 N–H and O–H groups in total. The predicted octanol–water partition coefficient (Wildman–Crippen LogP) is 3.29. The van der Waals surface area contributed by atoms with E-state index in [9.17, 15) is 17.6 Å². The molecular weight excluding hydrogens is 333 g/mol. The lowest BCUT2D eigenvalue weighted by Gasteiger charge is -2.12. The van der Waals surface area contributed by atoms with E-state index in [1.54, 1.807) is 0 Å². The van der Waals surface area contributed by atoms with Crippen LogP contribution in [0, 0.1) is 12.7 Å². The van der Waals surface area contributed by atoms with Crippen molar-refractivity contribution in [3.63, 3.8) is 0 Å².